The molecule has 1 rings (SSSR count). The number of sulfone groups is 1. The first kappa shape index (κ1) is 14.4. The summed E-state index contributed by atoms with van der Waals surface area (Å²) in [7, 11) is -4.32. The van der Waals surface area contributed by atoms with Crippen LogP contribution in [0.1, 0.15) is 0 Å². The number of hydrogen-bond acceptors (Lipinski definition) is 2. The monoisotopic (exact) mass is 334 g/mol. The zero-order valence-electron chi connectivity index (χ0n) is 8.21. The maximum Gasteiger partial charge on any atom is 0.402 e. The molecule has 0 bridgehead atoms. The summed E-state index contributed by atoms with van der Waals surface area (Å²) in [5.41, 5.74) is 0. The maximum atomic E-state index is 13.2. The lowest BCUT2D eigenvalue weighted by Crippen LogP contribution is -2.30. The van der Waals surface area contributed by atoms with Crippen LogP contribution in [0, 0.1) is 5.82 Å². The Labute approximate surface area is 104 Å². The van der Waals surface area contributed by atoms with Crippen LogP contribution in [0.4, 0.5) is 17.6 Å². The van der Waals surface area contributed by atoms with E-state index >= 15 is 0 Å². The molecule has 0 aliphatic rings. The van der Waals surface area contributed by atoms with Crippen LogP contribution in [0.2, 0.25) is 0 Å². The standard InChI is InChI=1S/C9H7BrF4O2S/c10-8(9(12,13)14)5-17(15,16)7-4-2-1-3-6(7)11/h1-4,8H,5H2. The van der Waals surface area contributed by atoms with Gasteiger partial charge in [-0.15, -0.1) is 0 Å². The fraction of sp³-hybridized carbons (Fsp3) is 0.333. The van der Waals surface area contributed by atoms with Gasteiger partial charge in [0.1, 0.15) is 15.5 Å². The Bertz CT molecular complexity index is 498. The summed E-state index contributed by atoms with van der Waals surface area (Å²) in [5.74, 6) is -2.30. The van der Waals surface area contributed by atoms with Gasteiger partial charge in [-0.05, 0) is 12.1 Å². The van der Waals surface area contributed by atoms with E-state index in [-0.39, 0.29) is 0 Å². The van der Waals surface area contributed by atoms with Gasteiger partial charge in [-0.3, -0.25) is 0 Å². The molecule has 1 aromatic carbocycles. The molecule has 2 nitrogen and oxygen atoms in total. The van der Waals surface area contributed by atoms with Crippen molar-refractivity contribution < 1.29 is 26.0 Å². The molecule has 0 saturated carbocycles. The van der Waals surface area contributed by atoms with Crippen LogP contribution in [0.5, 0.6) is 0 Å². The van der Waals surface area contributed by atoms with Crippen LogP contribution in [0.25, 0.3) is 0 Å². The number of halogens is 5. The van der Waals surface area contributed by atoms with E-state index in [0.717, 1.165) is 12.1 Å². The Kier molecular flexibility index (Phi) is 4.19. The van der Waals surface area contributed by atoms with Crippen LogP contribution >= 0.6 is 15.9 Å². The molecule has 1 aromatic rings. The van der Waals surface area contributed by atoms with Gasteiger partial charge >= 0.3 is 6.18 Å². The lowest BCUT2D eigenvalue weighted by Gasteiger charge is -2.14. The predicted octanol–water partition coefficient (Wildman–Crippen LogP) is 2.93. The van der Waals surface area contributed by atoms with Crippen LogP contribution in [0.3, 0.4) is 0 Å². The van der Waals surface area contributed by atoms with Crippen LogP contribution in [-0.2, 0) is 9.84 Å². The highest BCUT2D eigenvalue weighted by atomic mass is 79.9. The van der Waals surface area contributed by atoms with E-state index in [0.29, 0.717) is 0 Å². The molecule has 0 fully saturated rings. The molecule has 0 spiro atoms. The summed E-state index contributed by atoms with van der Waals surface area (Å²) in [4.78, 5) is -2.95. The molecule has 0 aliphatic carbocycles. The summed E-state index contributed by atoms with van der Waals surface area (Å²) in [6, 6.07) is 4.31. The number of rotatable bonds is 3. The average Bonchev–Trinajstić information content (AvgIpc) is 2.15. The van der Waals surface area contributed by atoms with Gasteiger partial charge in [0, 0.05) is 0 Å². The Morgan fingerprint density at radius 2 is 1.76 bits per heavy atom. The molecule has 0 radical (unpaired) electrons. The lowest BCUT2D eigenvalue weighted by atomic mass is 10.3. The molecule has 0 aliphatic heterocycles. The molecule has 0 amide bonds. The number of hydrogen-bond donors (Lipinski definition) is 0. The van der Waals surface area contributed by atoms with Crippen LogP contribution < -0.4 is 0 Å². The van der Waals surface area contributed by atoms with Crippen LogP contribution in [0.15, 0.2) is 29.2 Å². The molecule has 17 heavy (non-hydrogen) atoms. The van der Waals surface area contributed by atoms with Crippen molar-refractivity contribution in [2.45, 2.75) is 15.9 Å². The van der Waals surface area contributed by atoms with Gasteiger partial charge in [-0.2, -0.15) is 13.2 Å². The Morgan fingerprint density at radius 3 is 2.24 bits per heavy atom. The second-order valence-corrected chi connectivity index (χ2v) is 6.33. The molecule has 96 valence electrons. The first-order chi connectivity index (χ1) is 7.64. The summed E-state index contributed by atoms with van der Waals surface area (Å²) in [6.07, 6.45) is -4.70. The second kappa shape index (κ2) is 4.93. The fourth-order valence-corrected chi connectivity index (χ4v) is 3.52. The largest absolute Gasteiger partial charge is 0.402 e. The van der Waals surface area contributed by atoms with Crippen LogP contribution in [-0.4, -0.2) is 25.2 Å². The lowest BCUT2D eigenvalue weighted by molar-refractivity contribution is -0.123. The highest BCUT2D eigenvalue weighted by Gasteiger charge is 2.41. The molecule has 0 aromatic heterocycles. The van der Waals surface area contributed by atoms with Crippen molar-refractivity contribution in [2.24, 2.45) is 0 Å². The molecule has 1 atom stereocenters. The highest BCUT2D eigenvalue weighted by Crippen LogP contribution is 2.29. The van der Waals surface area contributed by atoms with Crippen molar-refractivity contribution in [3.63, 3.8) is 0 Å². The Morgan fingerprint density at radius 1 is 1.24 bits per heavy atom. The van der Waals surface area contributed by atoms with Gasteiger partial charge in [0.15, 0.2) is 9.84 Å². The Balaban J connectivity index is 3.03. The van der Waals surface area contributed by atoms with Crippen molar-refractivity contribution in [2.75, 3.05) is 5.75 Å². The zero-order valence-corrected chi connectivity index (χ0v) is 10.6. The molecule has 0 heterocycles. The number of benzene rings is 1. The van der Waals surface area contributed by atoms with Crippen molar-refractivity contribution in [3.8, 4) is 0 Å². The third-order valence-electron chi connectivity index (χ3n) is 1.89. The molecule has 0 saturated heterocycles. The fourth-order valence-electron chi connectivity index (χ4n) is 1.07. The van der Waals surface area contributed by atoms with E-state index < -0.39 is 37.3 Å². The van der Waals surface area contributed by atoms with Gasteiger partial charge in [0.25, 0.3) is 0 Å². The first-order valence-corrected chi connectivity index (χ1v) is 6.89. The molecular formula is C9H7BrF4O2S. The van der Waals surface area contributed by atoms with Gasteiger partial charge in [0.05, 0.1) is 5.75 Å². The summed E-state index contributed by atoms with van der Waals surface area (Å²) in [6.45, 7) is 0. The van der Waals surface area contributed by atoms with E-state index in [2.05, 4.69) is 15.9 Å². The zero-order chi connectivity index (χ0) is 13.3. The van der Waals surface area contributed by atoms with Gasteiger partial charge in [0.2, 0.25) is 0 Å². The van der Waals surface area contributed by atoms with Crippen molar-refractivity contribution in [1.82, 2.24) is 0 Å². The predicted molar refractivity (Wildman–Crippen MR) is 57.2 cm³/mol. The maximum absolute atomic E-state index is 13.2. The first-order valence-electron chi connectivity index (χ1n) is 4.32. The molecule has 8 heteroatoms. The van der Waals surface area contributed by atoms with Gasteiger partial charge in [-0.1, -0.05) is 28.1 Å². The minimum atomic E-state index is -4.70. The minimum absolute atomic E-state index is 0.728. The highest BCUT2D eigenvalue weighted by molar-refractivity contribution is 9.09. The quantitative estimate of drug-likeness (QED) is 0.629. The van der Waals surface area contributed by atoms with E-state index in [4.69, 9.17) is 0 Å². The third-order valence-corrected chi connectivity index (χ3v) is 4.94. The second-order valence-electron chi connectivity index (χ2n) is 3.22. The van der Waals surface area contributed by atoms with Gasteiger partial charge < -0.3 is 0 Å². The average molecular weight is 335 g/mol. The minimum Gasteiger partial charge on any atom is -0.224 e. The summed E-state index contributed by atoms with van der Waals surface area (Å²) < 4.78 is 72.8. The number of alkyl halides is 4. The molecule has 0 N–H and O–H groups in total. The van der Waals surface area contributed by atoms with Crippen molar-refractivity contribution in [1.29, 1.82) is 0 Å². The topological polar surface area (TPSA) is 34.1 Å². The summed E-state index contributed by atoms with van der Waals surface area (Å²) >= 11 is 2.23. The van der Waals surface area contributed by atoms with E-state index in [1.54, 1.807) is 0 Å². The molecule has 1 unspecified atom stereocenters. The third kappa shape index (κ3) is 3.67. The normalized spacial score (nSPS) is 14.6. The smallest absolute Gasteiger partial charge is 0.224 e. The Hall–Kier alpha value is -0.630. The molecular weight excluding hydrogens is 328 g/mol. The van der Waals surface area contributed by atoms with E-state index in [1.165, 1.54) is 12.1 Å². The summed E-state index contributed by atoms with van der Waals surface area (Å²) in [5, 5.41) is 0. The van der Waals surface area contributed by atoms with E-state index in [1.807, 2.05) is 0 Å². The van der Waals surface area contributed by atoms with Crippen molar-refractivity contribution in [3.05, 3.63) is 30.1 Å². The van der Waals surface area contributed by atoms with E-state index in [9.17, 15) is 26.0 Å². The van der Waals surface area contributed by atoms with Gasteiger partial charge in [-0.25, -0.2) is 12.8 Å². The van der Waals surface area contributed by atoms with Crippen molar-refractivity contribution >= 4 is 25.8 Å². The SMILES string of the molecule is O=S(=O)(CC(Br)C(F)(F)F)c1ccccc1F.